The highest BCUT2D eigenvalue weighted by Crippen LogP contribution is 2.29. The molecule has 4 nitrogen and oxygen atoms in total. The number of hydrogen-bond donors (Lipinski definition) is 0. The molecule has 0 spiro atoms. The molecule has 18 heavy (non-hydrogen) atoms. The molecule has 0 aliphatic heterocycles. The first kappa shape index (κ1) is 12.9. The minimum Gasteiger partial charge on any atom is -0.462 e. The van der Waals surface area contributed by atoms with Crippen molar-refractivity contribution in [3.05, 3.63) is 40.1 Å². The molecule has 1 aromatic heterocycles. The Kier molecular flexibility index (Phi) is 3.89. The van der Waals surface area contributed by atoms with Gasteiger partial charge >= 0.3 is 5.97 Å². The normalized spacial score (nSPS) is 10.4. The van der Waals surface area contributed by atoms with Crippen molar-refractivity contribution in [2.45, 2.75) is 6.92 Å². The van der Waals surface area contributed by atoms with Crippen molar-refractivity contribution in [1.29, 1.82) is 0 Å². The first-order chi connectivity index (χ1) is 8.63. The van der Waals surface area contributed by atoms with Crippen LogP contribution in [0, 0.1) is 0 Å². The van der Waals surface area contributed by atoms with Crippen LogP contribution in [0.4, 0.5) is 0 Å². The maximum Gasteiger partial charge on any atom is 0.343 e. The number of rotatable bonds is 3. The molecule has 0 saturated carbocycles. The Morgan fingerprint density at radius 1 is 1.39 bits per heavy atom. The van der Waals surface area contributed by atoms with Gasteiger partial charge in [-0.3, -0.25) is 0 Å². The fourth-order valence-electron chi connectivity index (χ4n) is 1.44. The standard InChI is InChI=1S/C12H9Cl2NO3/c1-2-17-12(16)8-6-18-15-11(8)7-3-4-9(13)10(14)5-7/h3-6H,2H2,1H3. The van der Waals surface area contributed by atoms with Crippen LogP contribution >= 0.6 is 23.2 Å². The summed E-state index contributed by atoms with van der Waals surface area (Å²) in [6.07, 6.45) is 1.25. The van der Waals surface area contributed by atoms with Crippen LogP contribution < -0.4 is 0 Å². The van der Waals surface area contributed by atoms with E-state index in [1.807, 2.05) is 0 Å². The Morgan fingerprint density at radius 3 is 2.83 bits per heavy atom. The summed E-state index contributed by atoms with van der Waals surface area (Å²) in [5.41, 5.74) is 1.28. The minimum atomic E-state index is -0.486. The molecule has 0 bridgehead atoms. The monoisotopic (exact) mass is 285 g/mol. The number of esters is 1. The maximum absolute atomic E-state index is 11.7. The largest absolute Gasteiger partial charge is 0.462 e. The Hall–Kier alpha value is -1.52. The Balaban J connectivity index is 2.42. The minimum absolute atomic E-state index is 0.259. The molecule has 6 heteroatoms. The van der Waals surface area contributed by atoms with E-state index in [4.69, 9.17) is 32.5 Å². The number of halogens is 2. The number of nitrogens with zero attached hydrogens (tertiary/aromatic N) is 1. The molecule has 0 unspecified atom stereocenters. The van der Waals surface area contributed by atoms with E-state index in [0.29, 0.717) is 21.3 Å². The van der Waals surface area contributed by atoms with Crippen LogP contribution in [0.1, 0.15) is 17.3 Å². The number of hydrogen-bond acceptors (Lipinski definition) is 4. The summed E-state index contributed by atoms with van der Waals surface area (Å²) in [6.45, 7) is 2.01. The summed E-state index contributed by atoms with van der Waals surface area (Å²) in [4.78, 5) is 11.7. The SMILES string of the molecule is CCOC(=O)c1conc1-c1ccc(Cl)c(Cl)c1. The van der Waals surface area contributed by atoms with Gasteiger partial charge in [0.2, 0.25) is 0 Å². The van der Waals surface area contributed by atoms with Crippen molar-refractivity contribution in [2.75, 3.05) is 6.61 Å². The summed E-state index contributed by atoms with van der Waals surface area (Å²) >= 11 is 11.7. The molecule has 1 aromatic carbocycles. The summed E-state index contributed by atoms with van der Waals surface area (Å²) in [7, 11) is 0. The molecule has 0 aliphatic carbocycles. The average Bonchev–Trinajstić information content (AvgIpc) is 2.82. The number of carbonyl (C=O) groups excluding carboxylic acids is 1. The van der Waals surface area contributed by atoms with Crippen molar-refractivity contribution in [3.8, 4) is 11.3 Å². The third kappa shape index (κ3) is 2.49. The zero-order valence-electron chi connectivity index (χ0n) is 9.44. The second kappa shape index (κ2) is 5.42. The molecule has 94 valence electrons. The third-order valence-electron chi connectivity index (χ3n) is 2.26. The maximum atomic E-state index is 11.7. The Morgan fingerprint density at radius 2 is 2.17 bits per heavy atom. The van der Waals surface area contributed by atoms with Gasteiger partial charge in [-0.2, -0.15) is 0 Å². The van der Waals surface area contributed by atoms with Crippen molar-refractivity contribution < 1.29 is 14.1 Å². The lowest BCUT2D eigenvalue weighted by atomic mass is 10.1. The van der Waals surface area contributed by atoms with Gasteiger partial charge in [0.1, 0.15) is 17.5 Å². The molecule has 0 radical (unpaired) electrons. The first-order valence-electron chi connectivity index (χ1n) is 5.20. The summed E-state index contributed by atoms with van der Waals surface area (Å²) in [5, 5.41) is 4.60. The highest BCUT2D eigenvalue weighted by atomic mass is 35.5. The van der Waals surface area contributed by atoms with E-state index in [9.17, 15) is 4.79 Å². The molecule has 0 atom stereocenters. The predicted octanol–water partition coefficient (Wildman–Crippen LogP) is 3.83. The van der Waals surface area contributed by atoms with Gasteiger partial charge in [0, 0.05) is 5.56 Å². The van der Waals surface area contributed by atoms with Gasteiger partial charge in [-0.15, -0.1) is 0 Å². The van der Waals surface area contributed by atoms with Gasteiger partial charge in [0.05, 0.1) is 16.7 Å². The lowest BCUT2D eigenvalue weighted by Crippen LogP contribution is -2.04. The summed E-state index contributed by atoms with van der Waals surface area (Å²) in [6, 6.07) is 4.95. The molecule has 0 saturated heterocycles. The zero-order valence-corrected chi connectivity index (χ0v) is 11.0. The van der Waals surface area contributed by atoms with Gasteiger partial charge in [-0.1, -0.05) is 34.4 Å². The lowest BCUT2D eigenvalue weighted by molar-refractivity contribution is 0.0526. The molecule has 2 aromatic rings. The summed E-state index contributed by atoms with van der Waals surface area (Å²) in [5.74, 6) is -0.486. The lowest BCUT2D eigenvalue weighted by Gasteiger charge is -2.02. The number of benzene rings is 1. The fraction of sp³-hybridized carbons (Fsp3) is 0.167. The van der Waals surface area contributed by atoms with E-state index in [1.165, 1.54) is 6.26 Å². The van der Waals surface area contributed by atoms with Gasteiger partial charge < -0.3 is 9.26 Å². The quantitative estimate of drug-likeness (QED) is 0.805. The van der Waals surface area contributed by atoms with Gasteiger partial charge in [-0.25, -0.2) is 4.79 Å². The fourth-order valence-corrected chi connectivity index (χ4v) is 1.74. The van der Waals surface area contributed by atoms with Crippen LogP contribution in [0.25, 0.3) is 11.3 Å². The number of ether oxygens (including phenoxy) is 1. The van der Waals surface area contributed by atoms with Crippen LogP contribution in [0.5, 0.6) is 0 Å². The molecule has 0 fully saturated rings. The highest BCUT2D eigenvalue weighted by molar-refractivity contribution is 6.42. The zero-order chi connectivity index (χ0) is 13.1. The smallest absolute Gasteiger partial charge is 0.343 e. The van der Waals surface area contributed by atoms with Crippen molar-refractivity contribution in [1.82, 2.24) is 5.16 Å². The van der Waals surface area contributed by atoms with Crippen LogP contribution in [-0.4, -0.2) is 17.7 Å². The first-order valence-corrected chi connectivity index (χ1v) is 5.96. The second-order valence-corrected chi connectivity index (χ2v) is 4.24. The Labute approximate surface area is 113 Å². The third-order valence-corrected chi connectivity index (χ3v) is 3.00. The van der Waals surface area contributed by atoms with E-state index in [0.717, 1.165) is 0 Å². The van der Waals surface area contributed by atoms with E-state index >= 15 is 0 Å². The van der Waals surface area contributed by atoms with E-state index in [-0.39, 0.29) is 12.2 Å². The highest BCUT2D eigenvalue weighted by Gasteiger charge is 2.19. The molecule has 2 rings (SSSR count). The van der Waals surface area contributed by atoms with E-state index < -0.39 is 5.97 Å². The van der Waals surface area contributed by atoms with Crippen LogP contribution in [0.2, 0.25) is 10.0 Å². The molecule has 0 amide bonds. The van der Waals surface area contributed by atoms with Crippen molar-refractivity contribution in [2.24, 2.45) is 0 Å². The van der Waals surface area contributed by atoms with Gasteiger partial charge in [-0.05, 0) is 19.1 Å². The van der Waals surface area contributed by atoms with E-state index in [2.05, 4.69) is 5.16 Å². The van der Waals surface area contributed by atoms with Gasteiger partial charge in [0.15, 0.2) is 0 Å². The van der Waals surface area contributed by atoms with E-state index in [1.54, 1.807) is 25.1 Å². The van der Waals surface area contributed by atoms with Crippen LogP contribution in [0.3, 0.4) is 0 Å². The van der Waals surface area contributed by atoms with Crippen LogP contribution in [-0.2, 0) is 4.74 Å². The molecule has 0 aliphatic rings. The topological polar surface area (TPSA) is 52.3 Å². The molecular formula is C12H9Cl2NO3. The summed E-state index contributed by atoms with van der Waals surface area (Å²) < 4.78 is 9.72. The Bertz CT molecular complexity index is 580. The number of carbonyl (C=O) groups is 1. The number of aromatic nitrogens is 1. The van der Waals surface area contributed by atoms with Gasteiger partial charge in [0.25, 0.3) is 0 Å². The molecule has 0 N–H and O–H groups in total. The van der Waals surface area contributed by atoms with Crippen LogP contribution in [0.15, 0.2) is 29.0 Å². The second-order valence-electron chi connectivity index (χ2n) is 3.43. The van der Waals surface area contributed by atoms with Crippen molar-refractivity contribution in [3.63, 3.8) is 0 Å². The molecule has 1 heterocycles. The predicted molar refractivity (Wildman–Crippen MR) is 67.9 cm³/mol. The van der Waals surface area contributed by atoms with Crippen molar-refractivity contribution >= 4 is 29.2 Å². The molecular weight excluding hydrogens is 277 g/mol. The average molecular weight is 286 g/mol.